The minimum atomic E-state index is -0.874. The van der Waals surface area contributed by atoms with Crippen LogP contribution in [0, 0.1) is 0 Å². The van der Waals surface area contributed by atoms with Crippen LogP contribution in [0.1, 0.15) is 17.3 Å². The average molecular weight is 344 g/mol. The first-order chi connectivity index (χ1) is 11.5. The molecule has 0 radical (unpaired) electrons. The van der Waals surface area contributed by atoms with E-state index < -0.39 is 6.10 Å². The zero-order chi connectivity index (χ0) is 17.1. The van der Waals surface area contributed by atoms with Crippen LogP contribution < -0.4 is 10.3 Å². The number of carbonyl (C=O) groups is 1. The highest BCUT2D eigenvalue weighted by Gasteiger charge is 2.11. The van der Waals surface area contributed by atoms with E-state index in [1.54, 1.807) is 30.3 Å². The predicted octanol–water partition coefficient (Wildman–Crippen LogP) is 2.10. The highest BCUT2D eigenvalue weighted by Crippen LogP contribution is 2.15. The Bertz CT molecular complexity index is 931. The summed E-state index contributed by atoms with van der Waals surface area (Å²) in [5, 5.41) is 12.5. The van der Waals surface area contributed by atoms with Crippen molar-refractivity contribution in [3.05, 3.63) is 58.0 Å². The Hall–Kier alpha value is -2.51. The van der Waals surface area contributed by atoms with Crippen LogP contribution >= 0.6 is 11.3 Å². The molecule has 2 aromatic heterocycles. The van der Waals surface area contributed by atoms with Crippen molar-refractivity contribution in [2.75, 3.05) is 6.61 Å². The molecule has 0 unspecified atom stereocenters. The van der Waals surface area contributed by atoms with Gasteiger partial charge in [-0.1, -0.05) is 12.1 Å². The van der Waals surface area contributed by atoms with Gasteiger partial charge in [-0.05, 0) is 30.5 Å². The number of fused-ring (bicyclic) bond motifs is 1. The Morgan fingerprint density at radius 1 is 1.42 bits per heavy atom. The first-order valence-electron chi connectivity index (χ1n) is 7.39. The van der Waals surface area contributed by atoms with Crippen molar-refractivity contribution >= 4 is 27.3 Å². The summed E-state index contributed by atoms with van der Waals surface area (Å²) in [7, 11) is 0. The number of ether oxygens (including phenoxy) is 1. The first kappa shape index (κ1) is 16.4. The Balaban J connectivity index is 1.66. The molecule has 0 aliphatic rings. The van der Waals surface area contributed by atoms with Gasteiger partial charge < -0.3 is 9.84 Å². The van der Waals surface area contributed by atoms with E-state index in [1.165, 1.54) is 29.2 Å². The van der Waals surface area contributed by atoms with Gasteiger partial charge in [0.1, 0.15) is 23.3 Å². The van der Waals surface area contributed by atoms with E-state index >= 15 is 0 Å². The number of benzene rings is 1. The zero-order valence-electron chi connectivity index (χ0n) is 13.0. The fourth-order valence-electron chi connectivity index (χ4n) is 2.30. The van der Waals surface area contributed by atoms with E-state index in [2.05, 4.69) is 4.98 Å². The molecule has 2 heterocycles. The fraction of sp³-hybridized carbons (Fsp3) is 0.235. The smallest absolute Gasteiger partial charge is 0.262 e. The van der Waals surface area contributed by atoms with Crippen molar-refractivity contribution in [1.29, 1.82) is 0 Å². The van der Waals surface area contributed by atoms with Crippen molar-refractivity contribution in [3.63, 3.8) is 0 Å². The van der Waals surface area contributed by atoms with E-state index in [-0.39, 0.29) is 24.5 Å². The van der Waals surface area contributed by atoms with E-state index in [0.29, 0.717) is 21.5 Å². The Morgan fingerprint density at radius 3 is 3.04 bits per heavy atom. The molecule has 0 amide bonds. The van der Waals surface area contributed by atoms with Crippen molar-refractivity contribution in [2.45, 2.75) is 19.6 Å². The lowest BCUT2D eigenvalue weighted by molar-refractivity contribution is 0.0913. The summed E-state index contributed by atoms with van der Waals surface area (Å²) in [6.07, 6.45) is 0.558. The lowest BCUT2D eigenvalue weighted by Crippen LogP contribution is -2.30. The number of ketones is 1. The van der Waals surface area contributed by atoms with Gasteiger partial charge in [-0.3, -0.25) is 14.2 Å². The standard InChI is InChI=1S/C17H16N2O4S/c1-11(20)12-3-2-4-14(7-12)23-9-13(21)8-19-10-18-16-15(17(19)22)5-6-24-16/h2-7,10,13,21H,8-9H2,1H3/t13-/m0/s1. The molecule has 0 saturated heterocycles. The number of nitrogens with zero attached hydrogens (tertiary/aromatic N) is 2. The molecule has 3 rings (SSSR count). The molecule has 0 saturated carbocycles. The largest absolute Gasteiger partial charge is 0.491 e. The minimum Gasteiger partial charge on any atom is -0.491 e. The lowest BCUT2D eigenvalue weighted by atomic mass is 10.1. The molecule has 6 nitrogen and oxygen atoms in total. The number of aliphatic hydroxyl groups is 1. The summed E-state index contributed by atoms with van der Waals surface area (Å²) >= 11 is 1.40. The molecule has 124 valence electrons. The molecule has 1 atom stereocenters. The quantitative estimate of drug-likeness (QED) is 0.693. The molecule has 1 aromatic carbocycles. The van der Waals surface area contributed by atoms with Gasteiger partial charge in [0.15, 0.2) is 5.78 Å². The monoisotopic (exact) mass is 344 g/mol. The van der Waals surface area contributed by atoms with Gasteiger partial charge in [0.2, 0.25) is 0 Å². The van der Waals surface area contributed by atoms with Gasteiger partial charge in [-0.15, -0.1) is 11.3 Å². The van der Waals surface area contributed by atoms with E-state index in [9.17, 15) is 14.7 Å². The third kappa shape index (κ3) is 3.52. The van der Waals surface area contributed by atoms with Gasteiger partial charge in [0.05, 0.1) is 18.3 Å². The molecule has 0 spiro atoms. The SMILES string of the molecule is CC(=O)c1cccc(OC[C@@H](O)Cn2cnc3sccc3c2=O)c1. The molecular weight excluding hydrogens is 328 g/mol. The third-order valence-electron chi connectivity index (χ3n) is 3.54. The van der Waals surface area contributed by atoms with Crippen molar-refractivity contribution in [3.8, 4) is 5.75 Å². The number of hydrogen-bond acceptors (Lipinski definition) is 6. The third-order valence-corrected chi connectivity index (χ3v) is 4.36. The number of aromatic nitrogens is 2. The maximum atomic E-state index is 12.3. The van der Waals surface area contributed by atoms with Gasteiger partial charge in [0, 0.05) is 5.56 Å². The normalized spacial score (nSPS) is 12.2. The summed E-state index contributed by atoms with van der Waals surface area (Å²) in [5.41, 5.74) is 0.365. The number of aliphatic hydroxyl groups excluding tert-OH is 1. The van der Waals surface area contributed by atoms with Crippen LogP contribution in [-0.2, 0) is 6.54 Å². The highest BCUT2D eigenvalue weighted by atomic mass is 32.1. The Labute approximate surface area is 142 Å². The van der Waals surface area contributed by atoms with E-state index in [0.717, 1.165) is 0 Å². The summed E-state index contributed by atoms with van der Waals surface area (Å²) in [6.45, 7) is 1.58. The van der Waals surface area contributed by atoms with Crippen LogP contribution in [0.5, 0.6) is 5.75 Å². The first-order valence-corrected chi connectivity index (χ1v) is 8.27. The van der Waals surface area contributed by atoms with Crippen LogP contribution in [0.4, 0.5) is 0 Å². The minimum absolute atomic E-state index is 0.00940. The molecule has 0 bridgehead atoms. The van der Waals surface area contributed by atoms with Gasteiger partial charge >= 0.3 is 0 Å². The van der Waals surface area contributed by atoms with Crippen LogP contribution in [0.25, 0.3) is 10.2 Å². The summed E-state index contributed by atoms with van der Waals surface area (Å²) in [5.74, 6) is 0.447. The number of hydrogen-bond donors (Lipinski definition) is 1. The summed E-state index contributed by atoms with van der Waals surface area (Å²) in [6, 6.07) is 8.48. The highest BCUT2D eigenvalue weighted by molar-refractivity contribution is 7.16. The second-order valence-corrected chi connectivity index (χ2v) is 6.28. The van der Waals surface area contributed by atoms with E-state index in [1.807, 2.05) is 5.38 Å². The molecule has 0 aliphatic carbocycles. The van der Waals surface area contributed by atoms with Crippen molar-refractivity contribution in [1.82, 2.24) is 9.55 Å². The Morgan fingerprint density at radius 2 is 2.25 bits per heavy atom. The van der Waals surface area contributed by atoms with Crippen LogP contribution in [0.15, 0.2) is 46.8 Å². The molecule has 1 N–H and O–H groups in total. The fourth-order valence-corrected chi connectivity index (χ4v) is 3.02. The molecule has 3 aromatic rings. The Kier molecular flexibility index (Phi) is 4.73. The van der Waals surface area contributed by atoms with Gasteiger partial charge in [-0.25, -0.2) is 4.98 Å². The van der Waals surface area contributed by atoms with Gasteiger partial charge in [-0.2, -0.15) is 0 Å². The maximum absolute atomic E-state index is 12.3. The summed E-state index contributed by atoms with van der Waals surface area (Å²) in [4.78, 5) is 28.5. The second-order valence-electron chi connectivity index (χ2n) is 5.39. The lowest BCUT2D eigenvalue weighted by Gasteiger charge is -2.14. The molecule has 0 aliphatic heterocycles. The van der Waals surface area contributed by atoms with Crippen molar-refractivity contribution < 1.29 is 14.6 Å². The summed E-state index contributed by atoms with van der Waals surface area (Å²) < 4.78 is 6.88. The van der Waals surface area contributed by atoms with Crippen LogP contribution in [0.2, 0.25) is 0 Å². The van der Waals surface area contributed by atoms with Crippen molar-refractivity contribution in [2.24, 2.45) is 0 Å². The maximum Gasteiger partial charge on any atom is 0.262 e. The average Bonchev–Trinajstić information content (AvgIpc) is 3.05. The number of rotatable bonds is 6. The van der Waals surface area contributed by atoms with E-state index in [4.69, 9.17) is 4.74 Å². The number of Topliss-reactive ketones (excluding diaryl/α,β-unsaturated/α-hetero) is 1. The number of thiophene rings is 1. The molecule has 0 fully saturated rings. The van der Waals surface area contributed by atoms with Gasteiger partial charge in [0.25, 0.3) is 5.56 Å². The topological polar surface area (TPSA) is 81.4 Å². The molecule has 7 heteroatoms. The predicted molar refractivity (Wildman–Crippen MR) is 91.8 cm³/mol. The molecular formula is C17H16N2O4S. The second kappa shape index (κ2) is 6.94. The number of carbonyl (C=O) groups excluding carboxylic acids is 1. The van der Waals surface area contributed by atoms with Crippen LogP contribution in [0.3, 0.4) is 0 Å². The van der Waals surface area contributed by atoms with Crippen LogP contribution in [-0.4, -0.2) is 33.2 Å². The molecule has 24 heavy (non-hydrogen) atoms. The zero-order valence-corrected chi connectivity index (χ0v) is 13.8.